The van der Waals surface area contributed by atoms with E-state index >= 15 is 0 Å². The first-order valence-corrected chi connectivity index (χ1v) is 6.64. The first kappa shape index (κ1) is 13.8. The fourth-order valence-electron chi connectivity index (χ4n) is 2.15. The van der Waals surface area contributed by atoms with Gasteiger partial charge in [-0.2, -0.15) is 0 Å². The Balaban J connectivity index is 2.09. The summed E-state index contributed by atoms with van der Waals surface area (Å²) in [5, 5.41) is 3.94. The maximum Gasteiger partial charge on any atom is 0.120 e. The van der Waals surface area contributed by atoms with Crippen molar-refractivity contribution in [2.45, 2.75) is 20.5 Å². The largest absolute Gasteiger partial charge is 0.489 e. The van der Waals surface area contributed by atoms with Gasteiger partial charge in [-0.1, -0.05) is 23.7 Å². The minimum Gasteiger partial charge on any atom is -0.489 e. The molecule has 0 amide bonds. The molecule has 0 aliphatic rings. The zero-order valence-corrected chi connectivity index (χ0v) is 12.2. The van der Waals surface area contributed by atoms with Gasteiger partial charge in [-0.25, -0.2) is 0 Å². The second-order valence-corrected chi connectivity index (χ2v) is 5.03. The monoisotopic (exact) mass is 275 g/mol. The van der Waals surface area contributed by atoms with Crippen LogP contribution in [0.4, 0.5) is 5.69 Å². The molecule has 0 atom stereocenters. The second kappa shape index (κ2) is 5.98. The number of aryl methyl sites for hydroxylation is 2. The summed E-state index contributed by atoms with van der Waals surface area (Å²) in [5.41, 5.74) is 4.65. The maximum absolute atomic E-state index is 5.86. The van der Waals surface area contributed by atoms with Crippen LogP contribution in [0.25, 0.3) is 0 Å². The molecule has 0 fully saturated rings. The molecule has 1 N–H and O–H groups in total. The van der Waals surface area contributed by atoms with E-state index in [4.69, 9.17) is 16.3 Å². The third-order valence-corrected chi connectivity index (χ3v) is 3.33. The Morgan fingerprint density at radius 3 is 2.16 bits per heavy atom. The van der Waals surface area contributed by atoms with Crippen molar-refractivity contribution in [1.29, 1.82) is 0 Å². The van der Waals surface area contributed by atoms with E-state index in [1.807, 2.05) is 31.3 Å². The molecular weight excluding hydrogens is 258 g/mol. The predicted octanol–water partition coefficient (Wildman–Crippen LogP) is 4.58. The lowest BCUT2D eigenvalue weighted by atomic mass is 10.1. The average Bonchev–Trinajstić information content (AvgIpc) is 2.38. The topological polar surface area (TPSA) is 21.3 Å². The van der Waals surface area contributed by atoms with E-state index in [-0.39, 0.29) is 0 Å². The molecule has 0 aliphatic carbocycles. The number of anilines is 1. The molecular formula is C16H18ClNO. The molecule has 3 heteroatoms. The molecule has 0 saturated carbocycles. The third-order valence-electron chi connectivity index (χ3n) is 3.07. The molecule has 0 heterocycles. The molecule has 19 heavy (non-hydrogen) atoms. The van der Waals surface area contributed by atoms with Crippen molar-refractivity contribution in [2.75, 3.05) is 12.4 Å². The van der Waals surface area contributed by atoms with Crippen LogP contribution in [0.1, 0.15) is 16.7 Å². The Hall–Kier alpha value is -1.67. The van der Waals surface area contributed by atoms with Gasteiger partial charge in [0.25, 0.3) is 0 Å². The quantitative estimate of drug-likeness (QED) is 0.882. The Morgan fingerprint density at radius 2 is 1.63 bits per heavy atom. The summed E-state index contributed by atoms with van der Waals surface area (Å²) in [6.07, 6.45) is 0. The van der Waals surface area contributed by atoms with Gasteiger partial charge >= 0.3 is 0 Å². The Morgan fingerprint density at radius 1 is 1.05 bits per heavy atom. The van der Waals surface area contributed by atoms with Crippen molar-refractivity contribution in [1.82, 2.24) is 0 Å². The Kier molecular flexibility index (Phi) is 4.33. The van der Waals surface area contributed by atoms with Crippen LogP contribution in [0.3, 0.4) is 0 Å². The van der Waals surface area contributed by atoms with E-state index in [1.54, 1.807) is 0 Å². The minimum atomic E-state index is 0.551. The van der Waals surface area contributed by atoms with Crippen LogP contribution in [0.15, 0.2) is 36.4 Å². The third kappa shape index (κ3) is 3.42. The van der Waals surface area contributed by atoms with E-state index < -0.39 is 0 Å². The molecule has 0 saturated heterocycles. The number of hydrogen-bond donors (Lipinski definition) is 1. The van der Waals surface area contributed by atoms with Crippen LogP contribution in [-0.4, -0.2) is 7.05 Å². The van der Waals surface area contributed by atoms with Gasteiger partial charge < -0.3 is 10.1 Å². The van der Waals surface area contributed by atoms with Crippen molar-refractivity contribution in [3.8, 4) is 5.75 Å². The average molecular weight is 276 g/mol. The Bertz CT molecular complexity index is 540. The molecule has 2 nitrogen and oxygen atoms in total. The van der Waals surface area contributed by atoms with Crippen molar-refractivity contribution < 1.29 is 4.74 Å². The van der Waals surface area contributed by atoms with Gasteiger partial charge in [0.2, 0.25) is 0 Å². The number of rotatable bonds is 4. The summed E-state index contributed by atoms with van der Waals surface area (Å²) in [6.45, 7) is 4.71. The number of benzene rings is 2. The number of nitrogens with one attached hydrogen (secondary N) is 1. The molecule has 0 bridgehead atoms. The molecule has 0 aromatic heterocycles. The van der Waals surface area contributed by atoms with E-state index in [0.29, 0.717) is 6.61 Å². The van der Waals surface area contributed by atoms with Gasteiger partial charge in [-0.15, -0.1) is 0 Å². The molecule has 2 aromatic rings. The first-order chi connectivity index (χ1) is 9.10. The summed E-state index contributed by atoms with van der Waals surface area (Å²) in [5.74, 6) is 0.893. The van der Waals surface area contributed by atoms with Crippen molar-refractivity contribution in [3.05, 3.63) is 58.1 Å². The lowest BCUT2D eigenvalue weighted by Crippen LogP contribution is -1.99. The summed E-state index contributed by atoms with van der Waals surface area (Å²) >= 11 is 5.86. The highest BCUT2D eigenvalue weighted by Gasteiger charge is 2.04. The molecule has 2 aromatic carbocycles. The Labute approximate surface area is 119 Å². The van der Waals surface area contributed by atoms with Crippen LogP contribution >= 0.6 is 11.6 Å². The smallest absolute Gasteiger partial charge is 0.120 e. The zero-order valence-electron chi connectivity index (χ0n) is 11.5. The molecule has 0 unspecified atom stereocenters. The van der Waals surface area contributed by atoms with Crippen LogP contribution in [0.5, 0.6) is 5.75 Å². The highest BCUT2D eigenvalue weighted by atomic mass is 35.5. The van der Waals surface area contributed by atoms with E-state index in [0.717, 1.165) is 16.3 Å². The van der Waals surface area contributed by atoms with Gasteiger partial charge in [-0.05, 0) is 54.8 Å². The fraction of sp³-hybridized carbons (Fsp3) is 0.250. The number of hydrogen-bond acceptors (Lipinski definition) is 2. The van der Waals surface area contributed by atoms with Crippen molar-refractivity contribution in [2.24, 2.45) is 0 Å². The van der Waals surface area contributed by atoms with Crippen LogP contribution in [-0.2, 0) is 6.61 Å². The lowest BCUT2D eigenvalue weighted by molar-refractivity contribution is 0.306. The standard InChI is InChI=1S/C16H18ClNO/c1-11-8-15(9-12(2)16(11)18-3)19-10-13-4-6-14(17)7-5-13/h4-9,18H,10H2,1-3H3. The van der Waals surface area contributed by atoms with E-state index in [9.17, 15) is 0 Å². The summed E-state index contributed by atoms with van der Waals surface area (Å²) in [6, 6.07) is 11.8. The molecule has 0 radical (unpaired) electrons. The van der Waals surface area contributed by atoms with Gasteiger partial charge in [-0.3, -0.25) is 0 Å². The fourth-order valence-corrected chi connectivity index (χ4v) is 2.27. The second-order valence-electron chi connectivity index (χ2n) is 4.60. The van der Waals surface area contributed by atoms with Gasteiger partial charge in [0.05, 0.1) is 0 Å². The number of halogens is 1. The predicted molar refractivity (Wildman–Crippen MR) is 81.2 cm³/mol. The van der Waals surface area contributed by atoms with Gasteiger partial charge in [0.15, 0.2) is 0 Å². The van der Waals surface area contributed by atoms with Crippen LogP contribution < -0.4 is 10.1 Å². The number of ether oxygens (including phenoxy) is 1. The van der Waals surface area contributed by atoms with Crippen LogP contribution in [0, 0.1) is 13.8 Å². The normalized spacial score (nSPS) is 10.3. The molecule has 2 rings (SSSR count). The zero-order chi connectivity index (χ0) is 13.8. The van der Waals surface area contributed by atoms with E-state index in [1.165, 1.54) is 16.8 Å². The minimum absolute atomic E-state index is 0.551. The molecule has 0 aliphatic heterocycles. The lowest BCUT2D eigenvalue weighted by Gasteiger charge is -2.13. The summed E-state index contributed by atoms with van der Waals surface area (Å²) in [4.78, 5) is 0. The summed E-state index contributed by atoms with van der Waals surface area (Å²) in [7, 11) is 1.93. The van der Waals surface area contributed by atoms with Crippen LogP contribution in [0.2, 0.25) is 5.02 Å². The highest BCUT2D eigenvalue weighted by molar-refractivity contribution is 6.30. The first-order valence-electron chi connectivity index (χ1n) is 6.26. The maximum atomic E-state index is 5.86. The summed E-state index contributed by atoms with van der Waals surface area (Å²) < 4.78 is 5.82. The molecule has 100 valence electrons. The van der Waals surface area contributed by atoms with Gasteiger partial charge in [0.1, 0.15) is 12.4 Å². The van der Waals surface area contributed by atoms with E-state index in [2.05, 4.69) is 31.3 Å². The van der Waals surface area contributed by atoms with Gasteiger partial charge in [0, 0.05) is 17.8 Å². The highest BCUT2D eigenvalue weighted by Crippen LogP contribution is 2.26. The van der Waals surface area contributed by atoms with Crippen molar-refractivity contribution >= 4 is 17.3 Å². The van der Waals surface area contributed by atoms with Crippen molar-refractivity contribution in [3.63, 3.8) is 0 Å². The molecule has 0 spiro atoms. The SMILES string of the molecule is CNc1c(C)cc(OCc2ccc(Cl)cc2)cc1C.